The molecule has 1 N–H and O–H groups in total. The van der Waals surface area contributed by atoms with Gasteiger partial charge in [-0.05, 0) is 30.9 Å². The summed E-state index contributed by atoms with van der Waals surface area (Å²) in [5.74, 6) is -0.951. The summed E-state index contributed by atoms with van der Waals surface area (Å²) in [7, 11) is 0. The summed E-state index contributed by atoms with van der Waals surface area (Å²) in [6, 6.07) is 7.74. The SMILES string of the molecule is O=C(O)CN(C(=O)N1CCc2ccccc21)C1CC1. The molecule has 2 aliphatic rings. The highest BCUT2D eigenvalue weighted by Gasteiger charge is 2.37. The molecule has 2 amide bonds. The van der Waals surface area contributed by atoms with E-state index in [-0.39, 0.29) is 18.6 Å². The van der Waals surface area contributed by atoms with Gasteiger partial charge >= 0.3 is 12.0 Å². The Morgan fingerprint density at radius 2 is 2.05 bits per heavy atom. The van der Waals surface area contributed by atoms with Gasteiger partial charge in [0, 0.05) is 18.3 Å². The second kappa shape index (κ2) is 4.57. The maximum Gasteiger partial charge on any atom is 0.325 e. The van der Waals surface area contributed by atoms with Crippen molar-refractivity contribution in [2.45, 2.75) is 25.3 Å². The predicted molar refractivity (Wildman–Crippen MR) is 70.3 cm³/mol. The van der Waals surface area contributed by atoms with Crippen LogP contribution in [0.1, 0.15) is 18.4 Å². The summed E-state index contributed by atoms with van der Waals surface area (Å²) in [5, 5.41) is 8.94. The number of rotatable bonds is 3. The summed E-state index contributed by atoms with van der Waals surface area (Å²) < 4.78 is 0. The summed E-state index contributed by atoms with van der Waals surface area (Å²) in [6.45, 7) is 0.434. The van der Waals surface area contributed by atoms with Crippen molar-refractivity contribution in [2.24, 2.45) is 0 Å². The van der Waals surface area contributed by atoms with Crippen molar-refractivity contribution in [3.63, 3.8) is 0 Å². The summed E-state index contributed by atoms with van der Waals surface area (Å²) in [6.07, 6.45) is 2.66. The van der Waals surface area contributed by atoms with Gasteiger partial charge < -0.3 is 10.0 Å². The lowest BCUT2D eigenvalue weighted by Crippen LogP contribution is -2.46. The second-order valence-corrected chi connectivity index (χ2v) is 5.07. The molecule has 0 unspecified atom stereocenters. The third kappa shape index (κ3) is 2.28. The predicted octanol–water partition coefficient (Wildman–Crippen LogP) is 1.72. The molecule has 0 atom stereocenters. The molecule has 0 saturated heterocycles. The Balaban J connectivity index is 1.81. The van der Waals surface area contributed by atoms with Crippen LogP contribution in [0.3, 0.4) is 0 Å². The molecule has 0 radical (unpaired) electrons. The number of aliphatic carboxylic acids is 1. The topological polar surface area (TPSA) is 60.9 Å². The average molecular weight is 260 g/mol. The number of hydrogen-bond donors (Lipinski definition) is 1. The third-order valence-corrected chi connectivity index (χ3v) is 3.66. The van der Waals surface area contributed by atoms with Crippen LogP contribution in [0.4, 0.5) is 10.5 Å². The van der Waals surface area contributed by atoms with Gasteiger partial charge in [0.25, 0.3) is 0 Å². The number of carboxylic acids is 1. The van der Waals surface area contributed by atoms with Crippen LogP contribution in [-0.4, -0.2) is 41.1 Å². The van der Waals surface area contributed by atoms with E-state index in [0.717, 1.165) is 30.5 Å². The van der Waals surface area contributed by atoms with E-state index in [1.807, 2.05) is 24.3 Å². The quantitative estimate of drug-likeness (QED) is 0.900. The lowest BCUT2D eigenvalue weighted by atomic mass is 10.2. The zero-order valence-corrected chi connectivity index (χ0v) is 10.6. The fraction of sp³-hybridized carbons (Fsp3) is 0.429. The van der Waals surface area contributed by atoms with Gasteiger partial charge in [0.15, 0.2) is 0 Å². The molecule has 0 bridgehead atoms. The van der Waals surface area contributed by atoms with E-state index in [0.29, 0.717) is 6.54 Å². The number of carboxylic acid groups (broad SMARTS) is 1. The highest BCUT2D eigenvalue weighted by molar-refractivity contribution is 5.96. The zero-order valence-electron chi connectivity index (χ0n) is 10.6. The van der Waals surface area contributed by atoms with Gasteiger partial charge in [-0.2, -0.15) is 0 Å². The molecule has 1 saturated carbocycles. The third-order valence-electron chi connectivity index (χ3n) is 3.66. The van der Waals surface area contributed by atoms with Gasteiger partial charge in [-0.15, -0.1) is 0 Å². The van der Waals surface area contributed by atoms with Crippen LogP contribution in [0.15, 0.2) is 24.3 Å². The summed E-state index contributed by atoms with van der Waals surface area (Å²) in [5.41, 5.74) is 2.07. The Morgan fingerprint density at radius 3 is 2.74 bits per heavy atom. The Labute approximate surface area is 111 Å². The standard InChI is InChI=1S/C14H16N2O3/c17-13(18)9-16(11-5-6-11)14(19)15-8-7-10-3-1-2-4-12(10)15/h1-4,11H,5-9H2,(H,17,18). The number of hydrogen-bond acceptors (Lipinski definition) is 2. The largest absolute Gasteiger partial charge is 0.480 e. The van der Waals surface area contributed by atoms with Gasteiger partial charge in [-0.3, -0.25) is 9.69 Å². The minimum absolute atomic E-state index is 0.108. The number of nitrogens with zero attached hydrogens (tertiary/aromatic N) is 2. The van der Waals surface area contributed by atoms with Crippen LogP contribution in [-0.2, 0) is 11.2 Å². The van der Waals surface area contributed by atoms with Crippen LogP contribution in [0.2, 0.25) is 0 Å². The molecule has 3 rings (SSSR count). The van der Waals surface area contributed by atoms with E-state index in [1.54, 1.807) is 4.90 Å². The van der Waals surface area contributed by atoms with E-state index < -0.39 is 5.97 Å². The van der Waals surface area contributed by atoms with Crippen LogP contribution >= 0.6 is 0 Å². The number of carbonyl (C=O) groups is 2. The molecule has 1 heterocycles. The van der Waals surface area contributed by atoms with E-state index in [1.165, 1.54) is 4.90 Å². The minimum atomic E-state index is -0.951. The molecule has 1 aliphatic carbocycles. The summed E-state index contributed by atoms with van der Waals surface area (Å²) >= 11 is 0. The van der Waals surface area contributed by atoms with Crippen molar-refractivity contribution in [1.29, 1.82) is 0 Å². The van der Waals surface area contributed by atoms with Crippen molar-refractivity contribution in [3.05, 3.63) is 29.8 Å². The zero-order chi connectivity index (χ0) is 13.4. The first-order chi connectivity index (χ1) is 9.16. The molecule has 19 heavy (non-hydrogen) atoms. The molecule has 0 aromatic heterocycles. The smallest absolute Gasteiger partial charge is 0.325 e. The highest BCUT2D eigenvalue weighted by atomic mass is 16.4. The van der Waals surface area contributed by atoms with Crippen LogP contribution < -0.4 is 4.90 Å². The Kier molecular flexibility index (Phi) is 2.89. The molecule has 5 nitrogen and oxygen atoms in total. The number of benzene rings is 1. The van der Waals surface area contributed by atoms with Crippen LogP contribution in [0, 0.1) is 0 Å². The number of amides is 2. The first-order valence-corrected chi connectivity index (χ1v) is 6.54. The van der Waals surface area contributed by atoms with Gasteiger partial charge in [-0.1, -0.05) is 18.2 Å². The minimum Gasteiger partial charge on any atom is -0.480 e. The Hall–Kier alpha value is -2.04. The first-order valence-electron chi connectivity index (χ1n) is 6.54. The van der Waals surface area contributed by atoms with Crippen molar-refractivity contribution in [3.8, 4) is 0 Å². The molecule has 1 aromatic rings. The number of carbonyl (C=O) groups excluding carboxylic acids is 1. The van der Waals surface area contributed by atoms with Gasteiger partial charge in [0.1, 0.15) is 6.54 Å². The first kappa shape index (κ1) is 12.0. The van der Waals surface area contributed by atoms with Gasteiger partial charge in [0.2, 0.25) is 0 Å². The molecule has 1 fully saturated rings. The maximum atomic E-state index is 12.5. The molecule has 100 valence electrons. The van der Waals surface area contributed by atoms with Crippen molar-refractivity contribution >= 4 is 17.7 Å². The highest BCUT2D eigenvalue weighted by Crippen LogP contribution is 2.32. The number of para-hydroxylation sites is 1. The summed E-state index contributed by atoms with van der Waals surface area (Å²) in [4.78, 5) is 26.6. The van der Waals surface area contributed by atoms with Crippen molar-refractivity contribution in [2.75, 3.05) is 18.0 Å². The number of fused-ring (bicyclic) bond motifs is 1. The molecule has 5 heteroatoms. The fourth-order valence-electron chi connectivity index (χ4n) is 2.58. The van der Waals surface area contributed by atoms with E-state index in [4.69, 9.17) is 5.11 Å². The van der Waals surface area contributed by atoms with E-state index >= 15 is 0 Å². The average Bonchev–Trinajstić information content (AvgIpc) is 3.14. The Morgan fingerprint density at radius 1 is 1.32 bits per heavy atom. The van der Waals surface area contributed by atoms with Gasteiger partial charge in [0.05, 0.1) is 0 Å². The normalized spacial score (nSPS) is 17.2. The molecular weight excluding hydrogens is 244 g/mol. The lowest BCUT2D eigenvalue weighted by molar-refractivity contribution is -0.137. The fourth-order valence-corrected chi connectivity index (χ4v) is 2.58. The van der Waals surface area contributed by atoms with Gasteiger partial charge in [-0.25, -0.2) is 4.79 Å². The second-order valence-electron chi connectivity index (χ2n) is 5.07. The van der Waals surface area contributed by atoms with Crippen LogP contribution in [0.25, 0.3) is 0 Å². The number of anilines is 1. The number of urea groups is 1. The molecule has 0 spiro atoms. The molecular formula is C14H16N2O3. The maximum absolute atomic E-state index is 12.5. The van der Waals surface area contributed by atoms with E-state index in [9.17, 15) is 9.59 Å². The van der Waals surface area contributed by atoms with Crippen LogP contribution in [0.5, 0.6) is 0 Å². The molecule has 1 aromatic carbocycles. The Bertz CT molecular complexity index is 525. The molecule has 1 aliphatic heterocycles. The van der Waals surface area contributed by atoms with Crippen molar-refractivity contribution < 1.29 is 14.7 Å². The monoisotopic (exact) mass is 260 g/mol. The van der Waals surface area contributed by atoms with E-state index in [2.05, 4.69) is 0 Å². The van der Waals surface area contributed by atoms with Crippen molar-refractivity contribution in [1.82, 2.24) is 4.90 Å². The lowest BCUT2D eigenvalue weighted by Gasteiger charge is -2.27.